The summed E-state index contributed by atoms with van der Waals surface area (Å²) in [6, 6.07) is 10.7. The number of carbonyl (C=O) groups is 1. The molecule has 0 radical (unpaired) electrons. The van der Waals surface area contributed by atoms with E-state index in [1.165, 1.54) is 47.8 Å². The van der Waals surface area contributed by atoms with Crippen molar-refractivity contribution >= 4 is 17.5 Å². The Labute approximate surface area is 153 Å². The van der Waals surface area contributed by atoms with Crippen LogP contribution in [0.3, 0.4) is 0 Å². The number of ether oxygens (including phenoxy) is 2. The molecule has 0 saturated heterocycles. The maximum Gasteiger partial charge on any atom is 0.214 e. The zero-order valence-corrected chi connectivity index (χ0v) is 14.9. The van der Waals surface area contributed by atoms with Gasteiger partial charge < -0.3 is 9.47 Å². The summed E-state index contributed by atoms with van der Waals surface area (Å²) in [5, 5.41) is 12.0. The Hall–Kier alpha value is -2.94. The predicted octanol–water partition coefficient (Wildman–Crippen LogP) is 2.79. The zero-order chi connectivity index (χ0) is 18.5. The molecule has 0 atom stereocenters. The Morgan fingerprint density at radius 1 is 1.12 bits per heavy atom. The molecule has 3 rings (SSSR count). The van der Waals surface area contributed by atoms with E-state index in [4.69, 9.17) is 9.47 Å². The first-order valence-electron chi connectivity index (χ1n) is 7.54. The zero-order valence-electron chi connectivity index (χ0n) is 14.0. The fourth-order valence-corrected chi connectivity index (χ4v) is 3.02. The van der Waals surface area contributed by atoms with Crippen molar-refractivity contribution in [2.24, 2.45) is 0 Å². The number of halogens is 1. The highest BCUT2D eigenvalue weighted by molar-refractivity contribution is 7.99. The van der Waals surface area contributed by atoms with E-state index in [1.54, 1.807) is 25.3 Å². The molecule has 0 saturated carbocycles. The minimum absolute atomic E-state index is 0.124. The smallest absolute Gasteiger partial charge is 0.214 e. The average Bonchev–Trinajstić information content (AvgIpc) is 3.14. The summed E-state index contributed by atoms with van der Waals surface area (Å²) >= 11 is 1.19. The van der Waals surface area contributed by atoms with Crippen LogP contribution in [0.1, 0.15) is 10.4 Å². The van der Waals surface area contributed by atoms with Gasteiger partial charge in [-0.15, -0.1) is 5.10 Å². The summed E-state index contributed by atoms with van der Waals surface area (Å²) in [6.07, 6.45) is 0. The van der Waals surface area contributed by atoms with Crippen molar-refractivity contribution in [3.05, 3.63) is 53.8 Å². The minimum atomic E-state index is -0.383. The fraction of sp³-hybridized carbons (Fsp3) is 0.176. The van der Waals surface area contributed by atoms with Crippen LogP contribution in [0.5, 0.6) is 11.5 Å². The second kappa shape index (κ2) is 7.96. The van der Waals surface area contributed by atoms with Gasteiger partial charge in [-0.25, -0.2) is 4.39 Å². The third-order valence-electron chi connectivity index (χ3n) is 3.55. The molecule has 134 valence electrons. The fourth-order valence-electron chi connectivity index (χ4n) is 2.24. The lowest BCUT2D eigenvalue weighted by molar-refractivity contribution is 0.102. The van der Waals surface area contributed by atoms with Gasteiger partial charge in [0.15, 0.2) is 17.3 Å². The molecule has 0 amide bonds. The lowest BCUT2D eigenvalue weighted by atomic mass is 10.1. The number of carbonyl (C=O) groups excluding carboxylic acids is 1. The van der Waals surface area contributed by atoms with Crippen molar-refractivity contribution in [3.8, 4) is 17.2 Å². The molecule has 0 fully saturated rings. The summed E-state index contributed by atoms with van der Waals surface area (Å²) in [6.45, 7) is 0. The molecular weight excluding hydrogens is 359 g/mol. The highest BCUT2D eigenvalue weighted by Gasteiger charge is 2.14. The van der Waals surface area contributed by atoms with E-state index >= 15 is 0 Å². The molecule has 9 heteroatoms. The first-order valence-corrected chi connectivity index (χ1v) is 8.53. The third-order valence-corrected chi connectivity index (χ3v) is 4.47. The van der Waals surface area contributed by atoms with Crippen molar-refractivity contribution in [2.75, 3.05) is 20.0 Å². The standard InChI is InChI=1S/C17H15FN4O3S/c1-24-15-8-7-13(9-16(15)25-2)22-17(19-20-21-22)26-10-14(23)11-3-5-12(18)6-4-11/h3-9H,10H2,1-2H3. The number of aromatic nitrogens is 4. The van der Waals surface area contributed by atoms with Gasteiger partial charge in [0, 0.05) is 11.6 Å². The van der Waals surface area contributed by atoms with Crippen LogP contribution in [0.25, 0.3) is 5.69 Å². The van der Waals surface area contributed by atoms with E-state index in [-0.39, 0.29) is 17.4 Å². The molecule has 26 heavy (non-hydrogen) atoms. The molecule has 1 aromatic heterocycles. The van der Waals surface area contributed by atoms with Gasteiger partial charge >= 0.3 is 0 Å². The maximum atomic E-state index is 13.0. The number of rotatable bonds is 7. The van der Waals surface area contributed by atoms with Crippen LogP contribution in [0.4, 0.5) is 4.39 Å². The summed E-state index contributed by atoms with van der Waals surface area (Å²) in [5.74, 6) is 0.728. The van der Waals surface area contributed by atoms with Crippen LogP contribution in [0.2, 0.25) is 0 Å². The van der Waals surface area contributed by atoms with Crippen molar-refractivity contribution in [1.82, 2.24) is 20.2 Å². The SMILES string of the molecule is COc1ccc(-n2nnnc2SCC(=O)c2ccc(F)cc2)cc1OC. The van der Waals surface area contributed by atoms with Crippen molar-refractivity contribution in [1.29, 1.82) is 0 Å². The lowest BCUT2D eigenvalue weighted by Crippen LogP contribution is -2.05. The molecular formula is C17H15FN4O3S. The molecule has 7 nitrogen and oxygen atoms in total. The van der Waals surface area contributed by atoms with E-state index in [1.807, 2.05) is 0 Å². The second-order valence-corrected chi connectivity index (χ2v) is 6.07. The normalized spacial score (nSPS) is 10.6. The molecule has 0 N–H and O–H groups in total. The first-order chi connectivity index (χ1) is 12.6. The molecule has 1 heterocycles. The van der Waals surface area contributed by atoms with Crippen LogP contribution >= 0.6 is 11.8 Å². The van der Waals surface area contributed by atoms with Crippen LogP contribution in [-0.2, 0) is 0 Å². The van der Waals surface area contributed by atoms with Gasteiger partial charge in [-0.05, 0) is 46.8 Å². The second-order valence-electron chi connectivity index (χ2n) is 5.13. The Balaban J connectivity index is 1.76. The molecule has 0 bridgehead atoms. The van der Waals surface area contributed by atoms with Gasteiger partial charge in [0.1, 0.15) is 5.82 Å². The first kappa shape index (κ1) is 17.9. The Morgan fingerprint density at radius 3 is 2.54 bits per heavy atom. The lowest BCUT2D eigenvalue weighted by Gasteiger charge is -2.10. The maximum absolute atomic E-state index is 13.0. The number of Topliss-reactive ketones (excluding diaryl/α,β-unsaturated/α-hetero) is 1. The third kappa shape index (κ3) is 3.83. The number of hydrogen-bond acceptors (Lipinski definition) is 7. The molecule has 2 aromatic carbocycles. The summed E-state index contributed by atoms with van der Waals surface area (Å²) in [4.78, 5) is 12.2. The predicted molar refractivity (Wildman–Crippen MR) is 93.7 cm³/mol. The van der Waals surface area contributed by atoms with Gasteiger partial charge in [0.25, 0.3) is 0 Å². The molecule has 0 aliphatic rings. The number of benzene rings is 2. The monoisotopic (exact) mass is 374 g/mol. The summed E-state index contributed by atoms with van der Waals surface area (Å²) < 4.78 is 24.9. The van der Waals surface area contributed by atoms with E-state index < -0.39 is 0 Å². The molecule has 3 aromatic rings. The van der Waals surface area contributed by atoms with Crippen molar-refractivity contribution in [2.45, 2.75) is 5.16 Å². The van der Waals surface area contributed by atoms with Gasteiger partial charge in [-0.3, -0.25) is 4.79 Å². The molecule has 0 aliphatic carbocycles. The van der Waals surface area contributed by atoms with Gasteiger partial charge in [-0.2, -0.15) is 4.68 Å². The highest BCUT2D eigenvalue weighted by Crippen LogP contribution is 2.30. The minimum Gasteiger partial charge on any atom is -0.493 e. The molecule has 0 aliphatic heterocycles. The van der Waals surface area contributed by atoms with Crippen LogP contribution in [-0.4, -0.2) is 46.0 Å². The Morgan fingerprint density at radius 2 is 1.85 bits per heavy atom. The topological polar surface area (TPSA) is 79.1 Å². The summed E-state index contributed by atoms with van der Waals surface area (Å²) in [7, 11) is 3.09. The van der Waals surface area contributed by atoms with Crippen LogP contribution < -0.4 is 9.47 Å². The van der Waals surface area contributed by atoms with E-state index in [2.05, 4.69) is 15.5 Å². The Bertz CT molecular complexity index is 915. The van der Waals surface area contributed by atoms with Crippen molar-refractivity contribution in [3.63, 3.8) is 0 Å². The number of nitrogens with zero attached hydrogens (tertiary/aromatic N) is 4. The number of ketones is 1. The highest BCUT2D eigenvalue weighted by atomic mass is 32.2. The summed E-state index contributed by atoms with van der Waals surface area (Å²) in [5.41, 5.74) is 1.11. The quantitative estimate of drug-likeness (QED) is 0.465. The number of thioether (sulfide) groups is 1. The van der Waals surface area contributed by atoms with Crippen molar-refractivity contribution < 1.29 is 18.7 Å². The van der Waals surface area contributed by atoms with Gasteiger partial charge in [0.05, 0.1) is 25.7 Å². The average molecular weight is 374 g/mol. The van der Waals surface area contributed by atoms with Crippen LogP contribution in [0, 0.1) is 5.82 Å². The van der Waals surface area contributed by atoms with E-state index in [0.717, 1.165) is 0 Å². The molecule has 0 spiro atoms. The Kier molecular flexibility index (Phi) is 5.47. The van der Waals surface area contributed by atoms with Crippen LogP contribution in [0.15, 0.2) is 47.6 Å². The van der Waals surface area contributed by atoms with E-state index in [9.17, 15) is 9.18 Å². The number of methoxy groups -OCH3 is 2. The largest absolute Gasteiger partial charge is 0.493 e. The molecule has 0 unspecified atom stereocenters. The van der Waals surface area contributed by atoms with E-state index in [0.29, 0.717) is 27.9 Å². The van der Waals surface area contributed by atoms with Gasteiger partial charge in [-0.1, -0.05) is 11.8 Å². The number of tetrazole rings is 1. The van der Waals surface area contributed by atoms with Gasteiger partial charge in [0.2, 0.25) is 5.16 Å². The number of hydrogen-bond donors (Lipinski definition) is 0.